The highest BCUT2D eigenvalue weighted by atomic mass is 35.5. The lowest BCUT2D eigenvalue weighted by atomic mass is 10.2. The maximum absolute atomic E-state index is 6.11. The van der Waals surface area contributed by atoms with E-state index in [0.29, 0.717) is 50.7 Å². The highest BCUT2D eigenvalue weighted by molar-refractivity contribution is 7.98. The maximum Gasteiger partial charge on any atom is 0.277 e. The van der Waals surface area contributed by atoms with Crippen molar-refractivity contribution < 1.29 is 8.83 Å². The first-order valence-corrected chi connectivity index (χ1v) is 8.13. The lowest BCUT2D eigenvalue weighted by Gasteiger charge is -1.98. The Morgan fingerprint density at radius 3 is 2.59 bits per heavy atom. The average Bonchev–Trinajstić information content (AvgIpc) is 3.14. The van der Waals surface area contributed by atoms with Crippen molar-refractivity contribution in [1.82, 2.24) is 20.4 Å². The number of rotatable bonds is 5. The number of nitrogens with zero attached hydrogens (tertiary/aromatic N) is 4. The maximum atomic E-state index is 6.11. The summed E-state index contributed by atoms with van der Waals surface area (Å²) in [5, 5.41) is 17.2. The summed E-state index contributed by atoms with van der Waals surface area (Å²) in [6.45, 7) is 1.95. The van der Waals surface area contributed by atoms with E-state index < -0.39 is 0 Å². The van der Waals surface area contributed by atoms with Crippen LogP contribution in [0.2, 0.25) is 10.0 Å². The summed E-state index contributed by atoms with van der Waals surface area (Å²) in [6, 6.07) is 5.08. The first kappa shape index (κ1) is 15.3. The summed E-state index contributed by atoms with van der Waals surface area (Å²) < 4.78 is 11.0. The van der Waals surface area contributed by atoms with Gasteiger partial charge in [0.05, 0.1) is 16.3 Å². The molecule has 1 aromatic carbocycles. The highest BCUT2D eigenvalue weighted by Crippen LogP contribution is 2.30. The summed E-state index contributed by atoms with van der Waals surface area (Å²) in [4.78, 5) is 0. The zero-order chi connectivity index (χ0) is 15.5. The number of hydrogen-bond acceptors (Lipinski definition) is 7. The molecular weight excluding hydrogens is 347 g/mol. The Kier molecular flexibility index (Phi) is 4.66. The number of thioether (sulfide) groups is 1. The molecule has 0 fully saturated rings. The largest absolute Gasteiger partial charge is 0.420 e. The van der Waals surface area contributed by atoms with Gasteiger partial charge < -0.3 is 8.83 Å². The lowest BCUT2D eigenvalue weighted by Crippen LogP contribution is -1.80. The van der Waals surface area contributed by atoms with E-state index in [1.165, 1.54) is 11.8 Å². The zero-order valence-corrected chi connectivity index (χ0v) is 13.7. The van der Waals surface area contributed by atoms with E-state index >= 15 is 0 Å². The summed E-state index contributed by atoms with van der Waals surface area (Å²) >= 11 is 13.3. The van der Waals surface area contributed by atoms with Crippen molar-refractivity contribution >= 4 is 35.0 Å². The van der Waals surface area contributed by atoms with Crippen LogP contribution < -0.4 is 0 Å². The van der Waals surface area contributed by atoms with Crippen molar-refractivity contribution in [2.45, 2.75) is 24.3 Å². The van der Waals surface area contributed by atoms with E-state index in [0.717, 1.165) is 0 Å². The van der Waals surface area contributed by atoms with Crippen LogP contribution in [-0.2, 0) is 12.2 Å². The molecule has 2 heterocycles. The second-order valence-corrected chi connectivity index (χ2v) is 6.00. The third-order valence-corrected chi connectivity index (χ3v) is 4.05. The van der Waals surface area contributed by atoms with Crippen LogP contribution in [0.15, 0.2) is 32.3 Å². The summed E-state index contributed by atoms with van der Waals surface area (Å²) in [6.07, 6.45) is 0.702. The Bertz CT molecular complexity index is 790. The van der Waals surface area contributed by atoms with Crippen LogP contribution in [0.25, 0.3) is 11.5 Å². The molecule has 0 atom stereocenters. The van der Waals surface area contributed by atoms with Gasteiger partial charge in [0.1, 0.15) is 0 Å². The van der Waals surface area contributed by atoms with Crippen LogP contribution in [-0.4, -0.2) is 20.4 Å². The van der Waals surface area contributed by atoms with Gasteiger partial charge in [0, 0.05) is 11.4 Å². The molecule has 0 aliphatic rings. The average molecular weight is 357 g/mol. The van der Waals surface area contributed by atoms with Gasteiger partial charge in [-0.05, 0) is 18.2 Å². The smallest absolute Gasteiger partial charge is 0.277 e. The predicted molar refractivity (Wildman–Crippen MR) is 83.0 cm³/mol. The second kappa shape index (κ2) is 6.68. The SMILES string of the molecule is CCc1nnc(SCc2nnc(-c3ccc(Cl)cc3Cl)o2)o1. The van der Waals surface area contributed by atoms with Crippen molar-refractivity contribution in [2.24, 2.45) is 0 Å². The van der Waals surface area contributed by atoms with E-state index in [4.69, 9.17) is 32.0 Å². The summed E-state index contributed by atoms with van der Waals surface area (Å²) in [7, 11) is 0. The van der Waals surface area contributed by atoms with Crippen LogP contribution >= 0.6 is 35.0 Å². The minimum absolute atomic E-state index is 0.344. The number of benzene rings is 1. The van der Waals surface area contributed by atoms with Gasteiger partial charge in [0.15, 0.2) is 0 Å². The molecule has 3 aromatic rings. The first-order chi connectivity index (χ1) is 10.7. The molecule has 22 heavy (non-hydrogen) atoms. The molecule has 0 bridgehead atoms. The molecule has 0 unspecified atom stereocenters. The van der Waals surface area contributed by atoms with E-state index in [2.05, 4.69) is 20.4 Å². The standard InChI is InChI=1S/C13H10Cl2N4O2S/c1-2-10-16-19-13(21-10)22-6-11-17-18-12(20-11)8-4-3-7(14)5-9(8)15/h3-5H,2,6H2,1H3. The quantitative estimate of drug-likeness (QED) is 0.631. The Morgan fingerprint density at radius 2 is 1.86 bits per heavy atom. The van der Waals surface area contributed by atoms with Crippen LogP contribution in [0, 0.1) is 0 Å². The van der Waals surface area contributed by atoms with Gasteiger partial charge in [-0.2, -0.15) is 0 Å². The summed E-state index contributed by atoms with van der Waals surface area (Å²) in [5.41, 5.74) is 0.640. The Balaban J connectivity index is 1.70. The van der Waals surface area contributed by atoms with Crippen molar-refractivity contribution in [3.05, 3.63) is 40.0 Å². The number of hydrogen-bond donors (Lipinski definition) is 0. The van der Waals surface area contributed by atoms with Crippen molar-refractivity contribution in [3.8, 4) is 11.5 Å². The third-order valence-electron chi connectivity index (χ3n) is 2.70. The molecule has 0 amide bonds. The molecule has 0 N–H and O–H groups in total. The molecule has 3 rings (SSSR count). The first-order valence-electron chi connectivity index (χ1n) is 6.38. The molecule has 0 aliphatic carbocycles. The van der Waals surface area contributed by atoms with Gasteiger partial charge in [0.25, 0.3) is 5.22 Å². The van der Waals surface area contributed by atoms with E-state index in [1.54, 1.807) is 18.2 Å². The molecule has 0 radical (unpaired) electrons. The normalized spacial score (nSPS) is 11.0. The monoisotopic (exact) mass is 356 g/mol. The van der Waals surface area contributed by atoms with Gasteiger partial charge in [-0.3, -0.25) is 0 Å². The van der Waals surface area contributed by atoms with E-state index in [-0.39, 0.29) is 0 Å². The number of aryl methyl sites for hydroxylation is 1. The fraction of sp³-hybridized carbons (Fsp3) is 0.231. The van der Waals surface area contributed by atoms with E-state index in [1.807, 2.05) is 6.92 Å². The van der Waals surface area contributed by atoms with Crippen molar-refractivity contribution in [1.29, 1.82) is 0 Å². The molecule has 9 heteroatoms. The van der Waals surface area contributed by atoms with Crippen LogP contribution in [0.4, 0.5) is 0 Å². The second-order valence-electron chi connectivity index (χ2n) is 4.23. The van der Waals surface area contributed by atoms with Crippen molar-refractivity contribution in [3.63, 3.8) is 0 Å². The third kappa shape index (κ3) is 3.43. The minimum atomic E-state index is 0.344. The van der Waals surface area contributed by atoms with Gasteiger partial charge in [-0.25, -0.2) is 0 Å². The molecule has 0 saturated carbocycles. The van der Waals surface area contributed by atoms with Crippen molar-refractivity contribution in [2.75, 3.05) is 0 Å². The fourth-order valence-corrected chi connectivity index (χ4v) is 2.75. The highest BCUT2D eigenvalue weighted by Gasteiger charge is 2.14. The van der Waals surface area contributed by atoms with Crippen LogP contribution in [0.5, 0.6) is 0 Å². The Hall–Kier alpha value is -1.57. The van der Waals surface area contributed by atoms with Crippen LogP contribution in [0.3, 0.4) is 0 Å². The molecule has 0 spiro atoms. The topological polar surface area (TPSA) is 77.8 Å². The van der Waals surface area contributed by atoms with Gasteiger partial charge in [-0.1, -0.05) is 41.9 Å². The molecule has 114 valence electrons. The molecule has 0 aliphatic heterocycles. The van der Waals surface area contributed by atoms with Gasteiger partial charge >= 0.3 is 0 Å². The summed E-state index contributed by atoms with van der Waals surface area (Å²) in [5.74, 6) is 1.82. The van der Waals surface area contributed by atoms with Gasteiger partial charge in [0.2, 0.25) is 17.7 Å². The fourth-order valence-electron chi connectivity index (χ4n) is 1.65. The van der Waals surface area contributed by atoms with Gasteiger partial charge in [-0.15, -0.1) is 20.4 Å². The lowest BCUT2D eigenvalue weighted by molar-refractivity contribution is 0.416. The van der Waals surface area contributed by atoms with E-state index in [9.17, 15) is 0 Å². The molecular formula is C13H10Cl2N4O2S. The molecule has 2 aromatic heterocycles. The number of halogens is 2. The Labute approximate surface area is 140 Å². The number of aromatic nitrogens is 4. The predicted octanol–water partition coefficient (Wildman–Crippen LogP) is 4.28. The minimum Gasteiger partial charge on any atom is -0.420 e. The van der Waals surface area contributed by atoms with Crippen LogP contribution in [0.1, 0.15) is 18.7 Å². The molecule has 0 saturated heterocycles. The molecule has 6 nitrogen and oxygen atoms in total. The Morgan fingerprint density at radius 1 is 1.05 bits per heavy atom. The zero-order valence-electron chi connectivity index (χ0n) is 11.4.